The van der Waals surface area contributed by atoms with Crippen LogP contribution in [0.2, 0.25) is 0 Å². The van der Waals surface area contributed by atoms with E-state index in [1.54, 1.807) is 17.0 Å². The zero-order valence-corrected chi connectivity index (χ0v) is 12.4. The van der Waals surface area contributed by atoms with E-state index in [2.05, 4.69) is 15.9 Å². The van der Waals surface area contributed by atoms with Gasteiger partial charge in [0.05, 0.1) is 11.0 Å². The molecule has 1 amide bonds. The van der Waals surface area contributed by atoms with Crippen LogP contribution in [-0.4, -0.2) is 15.7 Å². The lowest BCUT2D eigenvalue weighted by Gasteiger charge is -2.44. The van der Waals surface area contributed by atoms with Gasteiger partial charge in [0.2, 0.25) is 5.91 Å². The van der Waals surface area contributed by atoms with Gasteiger partial charge >= 0.3 is 0 Å². The molecule has 21 heavy (non-hydrogen) atoms. The monoisotopic (exact) mass is 346 g/mol. The third kappa shape index (κ3) is 2.31. The first-order valence-corrected chi connectivity index (χ1v) is 7.27. The van der Waals surface area contributed by atoms with Gasteiger partial charge in [-0.3, -0.25) is 14.9 Å². The molecule has 0 unspecified atom stereocenters. The molecule has 0 bridgehead atoms. The van der Waals surface area contributed by atoms with E-state index >= 15 is 0 Å². The summed E-state index contributed by atoms with van der Waals surface area (Å²) in [5.41, 5.74) is 1.70. The van der Waals surface area contributed by atoms with Crippen molar-refractivity contribution in [2.24, 2.45) is 0 Å². The van der Waals surface area contributed by atoms with E-state index in [1.165, 1.54) is 12.1 Å². The second kappa shape index (κ2) is 5.29. The van der Waals surface area contributed by atoms with Crippen LogP contribution in [0, 0.1) is 10.1 Å². The van der Waals surface area contributed by atoms with E-state index < -0.39 is 4.92 Å². The van der Waals surface area contributed by atoms with Crippen LogP contribution < -0.4 is 4.90 Å². The van der Waals surface area contributed by atoms with E-state index in [4.69, 9.17) is 0 Å². The molecule has 3 rings (SSSR count). The normalized spacial score (nSPS) is 21.0. The van der Waals surface area contributed by atoms with Crippen molar-refractivity contribution in [1.29, 1.82) is 0 Å². The SMILES string of the molecule is O=C1[C@H](Br)[C@@H](c2ccccc2)N1c1ccc([N+](=O)[O-])cc1. The van der Waals surface area contributed by atoms with Crippen molar-refractivity contribution in [1.82, 2.24) is 0 Å². The van der Waals surface area contributed by atoms with Crippen LogP contribution in [0.15, 0.2) is 54.6 Å². The summed E-state index contributed by atoms with van der Waals surface area (Å²) < 4.78 is 0. The van der Waals surface area contributed by atoms with Crippen molar-refractivity contribution in [3.8, 4) is 0 Å². The van der Waals surface area contributed by atoms with Crippen LogP contribution in [0.1, 0.15) is 11.6 Å². The number of hydrogen-bond acceptors (Lipinski definition) is 3. The Balaban J connectivity index is 1.93. The maximum Gasteiger partial charge on any atom is 0.269 e. The van der Waals surface area contributed by atoms with Gasteiger partial charge in [0.25, 0.3) is 5.69 Å². The lowest BCUT2D eigenvalue weighted by molar-refractivity contribution is -0.384. The molecule has 106 valence electrons. The van der Waals surface area contributed by atoms with Crippen LogP contribution in [-0.2, 0) is 4.79 Å². The fraction of sp³-hybridized carbons (Fsp3) is 0.133. The zero-order valence-electron chi connectivity index (χ0n) is 10.8. The van der Waals surface area contributed by atoms with Crippen molar-refractivity contribution in [2.45, 2.75) is 10.9 Å². The van der Waals surface area contributed by atoms with Gasteiger partial charge in [0.15, 0.2) is 0 Å². The zero-order chi connectivity index (χ0) is 15.0. The Hall–Kier alpha value is -2.21. The standard InChI is InChI=1S/C15H11BrN2O3/c16-13-14(10-4-2-1-3-5-10)17(15(13)19)11-6-8-12(9-7-11)18(20)21/h1-9,13-14H/t13-,14-/m1/s1. The predicted molar refractivity (Wildman–Crippen MR) is 82.5 cm³/mol. The average Bonchev–Trinajstić information content (AvgIpc) is 2.52. The van der Waals surface area contributed by atoms with Gasteiger partial charge in [0, 0.05) is 17.8 Å². The maximum absolute atomic E-state index is 12.1. The van der Waals surface area contributed by atoms with E-state index in [9.17, 15) is 14.9 Å². The average molecular weight is 347 g/mol. The van der Waals surface area contributed by atoms with Crippen LogP contribution in [0.5, 0.6) is 0 Å². The second-order valence-electron chi connectivity index (χ2n) is 4.74. The molecule has 1 aliphatic rings. The summed E-state index contributed by atoms with van der Waals surface area (Å²) in [5, 5.41) is 10.7. The molecule has 0 N–H and O–H groups in total. The highest BCUT2D eigenvalue weighted by atomic mass is 79.9. The Morgan fingerprint density at radius 1 is 1.05 bits per heavy atom. The van der Waals surface area contributed by atoms with Crippen molar-refractivity contribution in [3.63, 3.8) is 0 Å². The number of non-ortho nitro benzene ring substituents is 1. The van der Waals surface area contributed by atoms with Gasteiger partial charge in [-0.15, -0.1) is 0 Å². The van der Waals surface area contributed by atoms with E-state index in [-0.39, 0.29) is 22.5 Å². The topological polar surface area (TPSA) is 63.5 Å². The first-order valence-electron chi connectivity index (χ1n) is 6.36. The minimum atomic E-state index is -0.455. The summed E-state index contributed by atoms with van der Waals surface area (Å²) in [4.78, 5) is 23.7. The molecule has 0 aromatic heterocycles. The Morgan fingerprint density at radius 2 is 1.67 bits per heavy atom. The summed E-state index contributed by atoms with van der Waals surface area (Å²) in [6, 6.07) is 15.6. The van der Waals surface area contributed by atoms with Gasteiger partial charge < -0.3 is 4.90 Å². The van der Waals surface area contributed by atoms with E-state index in [1.807, 2.05) is 30.3 Å². The highest BCUT2D eigenvalue weighted by Gasteiger charge is 2.47. The van der Waals surface area contributed by atoms with Crippen LogP contribution >= 0.6 is 15.9 Å². The largest absolute Gasteiger partial charge is 0.302 e. The summed E-state index contributed by atoms with van der Waals surface area (Å²) in [7, 11) is 0. The predicted octanol–water partition coefficient (Wildman–Crippen LogP) is 3.45. The number of carbonyl (C=O) groups excluding carboxylic acids is 1. The molecular formula is C15H11BrN2O3. The van der Waals surface area contributed by atoms with Crippen molar-refractivity contribution < 1.29 is 9.72 Å². The number of nitro groups is 1. The number of halogens is 1. The number of amides is 1. The van der Waals surface area contributed by atoms with Crippen LogP contribution in [0.4, 0.5) is 11.4 Å². The van der Waals surface area contributed by atoms with Crippen LogP contribution in [0.3, 0.4) is 0 Å². The second-order valence-corrected chi connectivity index (χ2v) is 5.73. The molecular weight excluding hydrogens is 336 g/mol. The van der Waals surface area contributed by atoms with Crippen molar-refractivity contribution in [3.05, 3.63) is 70.3 Å². The van der Waals surface area contributed by atoms with Gasteiger partial charge in [0.1, 0.15) is 4.83 Å². The van der Waals surface area contributed by atoms with Gasteiger partial charge in [-0.2, -0.15) is 0 Å². The number of carbonyl (C=O) groups is 1. The fourth-order valence-corrected chi connectivity index (χ4v) is 3.21. The summed E-state index contributed by atoms with van der Waals surface area (Å²) >= 11 is 3.40. The lowest BCUT2D eigenvalue weighted by Crippen LogP contribution is -2.56. The molecule has 0 aliphatic carbocycles. The van der Waals surface area contributed by atoms with Gasteiger partial charge in [-0.25, -0.2) is 0 Å². The number of benzene rings is 2. The maximum atomic E-state index is 12.1. The van der Waals surface area contributed by atoms with Crippen molar-refractivity contribution in [2.75, 3.05) is 4.90 Å². The number of anilines is 1. The Kier molecular flexibility index (Phi) is 3.47. The molecule has 2 aromatic carbocycles. The summed E-state index contributed by atoms with van der Waals surface area (Å²) in [6.07, 6.45) is 0. The molecule has 1 saturated heterocycles. The number of nitro benzene ring substituents is 1. The fourth-order valence-electron chi connectivity index (χ4n) is 2.44. The van der Waals surface area contributed by atoms with Crippen LogP contribution in [0.25, 0.3) is 0 Å². The highest BCUT2D eigenvalue weighted by molar-refractivity contribution is 9.10. The van der Waals surface area contributed by atoms with E-state index in [0.717, 1.165) is 5.56 Å². The molecule has 1 fully saturated rings. The van der Waals surface area contributed by atoms with Gasteiger partial charge in [-0.05, 0) is 17.7 Å². The number of rotatable bonds is 3. The summed E-state index contributed by atoms with van der Waals surface area (Å²) in [5.74, 6) is -0.0438. The first-order chi connectivity index (χ1) is 10.1. The van der Waals surface area contributed by atoms with E-state index in [0.29, 0.717) is 5.69 Å². The lowest BCUT2D eigenvalue weighted by atomic mass is 9.93. The Labute approximate surface area is 129 Å². The molecule has 6 heteroatoms. The highest BCUT2D eigenvalue weighted by Crippen LogP contribution is 2.43. The van der Waals surface area contributed by atoms with Crippen molar-refractivity contribution >= 4 is 33.2 Å². The third-order valence-electron chi connectivity index (χ3n) is 3.51. The number of nitrogens with zero attached hydrogens (tertiary/aromatic N) is 2. The quantitative estimate of drug-likeness (QED) is 0.370. The molecule has 2 atom stereocenters. The molecule has 0 radical (unpaired) electrons. The minimum Gasteiger partial charge on any atom is -0.302 e. The first kappa shape index (κ1) is 13.8. The molecule has 2 aromatic rings. The number of hydrogen-bond donors (Lipinski definition) is 0. The smallest absolute Gasteiger partial charge is 0.269 e. The molecule has 0 spiro atoms. The molecule has 1 heterocycles. The number of β-lactam (4-membered cyclic amide) rings is 1. The molecule has 1 aliphatic heterocycles. The summed E-state index contributed by atoms with van der Waals surface area (Å²) in [6.45, 7) is 0. The van der Waals surface area contributed by atoms with Gasteiger partial charge in [-0.1, -0.05) is 46.3 Å². The molecule has 5 nitrogen and oxygen atoms in total. The minimum absolute atomic E-state index is 0.0124. The third-order valence-corrected chi connectivity index (χ3v) is 4.40. The Morgan fingerprint density at radius 3 is 2.24 bits per heavy atom. The Bertz CT molecular complexity index is 688. The number of alkyl halides is 1. The molecule has 0 saturated carbocycles.